The number of carbonyl (C=O) groups excluding carboxylic acids is 2. The standard InChI is InChI=1S/C27H29N5O4/c1-4-6-11-16-32-26(34)19-13-8-7-12-18(19)23(31-32)25(33)30-24-22(27(35)36-5-2)17(3)28-20-14-9-10-15-21(20)29-24/h7-10,12-15,28H,4-6,11,16H2,1-3H3,(H,29,30,33). The number of para-hydroxylation sites is 2. The number of fused-ring (bicyclic) bond motifs is 2. The first-order valence-electron chi connectivity index (χ1n) is 12.1. The van der Waals surface area contributed by atoms with Crippen LogP contribution in [0.15, 0.2) is 69.6 Å². The second-order valence-corrected chi connectivity index (χ2v) is 8.41. The topological polar surface area (TPSA) is 115 Å². The lowest BCUT2D eigenvalue weighted by Crippen LogP contribution is -2.37. The van der Waals surface area contributed by atoms with Crippen molar-refractivity contribution in [1.29, 1.82) is 0 Å². The van der Waals surface area contributed by atoms with E-state index >= 15 is 0 Å². The number of benzene rings is 2. The van der Waals surface area contributed by atoms with E-state index in [2.05, 4.69) is 27.6 Å². The average Bonchev–Trinajstić information content (AvgIpc) is 3.00. The van der Waals surface area contributed by atoms with Crippen LogP contribution in [0.1, 0.15) is 50.5 Å². The van der Waals surface area contributed by atoms with E-state index in [0.717, 1.165) is 19.3 Å². The summed E-state index contributed by atoms with van der Waals surface area (Å²) in [5, 5.41) is 11.2. The van der Waals surface area contributed by atoms with Crippen molar-refractivity contribution in [3.63, 3.8) is 0 Å². The maximum absolute atomic E-state index is 13.6. The summed E-state index contributed by atoms with van der Waals surface area (Å²) in [6.07, 6.45) is 2.71. The maximum Gasteiger partial charge on any atom is 0.343 e. The normalized spacial score (nSPS) is 12.9. The maximum atomic E-state index is 13.6. The number of hydrogen-bond acceptors (Lipinski definition) is 7. The molecule has 0 fully saturated rings. The Morgan fingerprint density at radius 2 is 1.75 bits per heavy atom. The zero-order valence-electron chi connectivity index (χ0n) is 20.6. The van der Waals surface area contributed by atoms with Gasteiger partial charge in [0, 0.05) is 17.6 Å². The number of hydrogen-bond donors (Lipinski definition) is 2. The molecule has 0 aliphatic carbocycles. The van der Waals surface area contributed by atoms with E-state index in [-0.39, 0.29) is 29.3 Å². The van der Waals surface area contributed by atoms with E-state index in [1.165, 1.54) is 4.68 Å². The minimum Gasteiger partial charge on any atom is -0.462 e. The number of unbranched alkanes of at least 4 members (excludes halogenated alkanes) is 2. The quantitative estimate of drug-likeness (QED) is 0.379. The van der Waals surface area contributed by atoms with Crippen LogP contribution in [0.4, 0.5) is 11.4 Å². The molecule has 1 aliphatic rings. The fraction of sp³-hybridized carbons (Fsp3) is 0.296. The summed E-state index contributed by atoms with van der Waals surface area (Å²) >= 11 is 0. The minimum absolute atomic E-state index is 0.0445. The fourth-order valence-electron chi connectivity index (χ4n) is 4.07. The molecular formula is C27H29N5O4. The van der Waals surface area contributed by atoms with Gasteiger partial charge in [0.25, 0.3) is 11.5 Å². The molecule has 0 atom stereocenters. The van der Waals surface area contributed by atoms with Crippen LogP contribution in [0.5, 0.6) is 0 Å². The number of nitrogens with one attached hydrogen (secondary N) is 2. The molecule has 2 N–H and O–H groups in total. The third kappa shape index (κ3) is 5.05. The van der Waals surface area contributed by atoms with Crippen molar-refractivity contribution in [1.82, 2.24) is 15.1 Å². The third-order valence-corrected chi connectivity index (χ3v) is 5.84. The van der Waals surface area contributed by atoms with Gasteiger partial charge in [-0.25, -0.2) is 14.5 Å². The number of rotatable bonds is 7. The molecule has 9 heteroatoms. The lowest BCUT2D eigenvalue weighted by Gasteiger charge is -2.14. The van der Waals surface area contributed by atoms with Crippen molar-refractivity contribution < 1.29 is 14.3 Å². The van der Waals surface area contributed by atoms with Gasteiger partial charge in [-0.05, 0) is 38.5 Å². The number of amidine groups is 1. The van der Waals surface area contributed by atoms with E-state index in [9.17, 15) is 14.4 Å². The van der Waals surface area contributed by atoms with Crippen molar-refractivity contribution in [3.05, 3.63) is 75.8 Å². The predicted molar refractivity (Wildman–Crippen MR) is 139 cm³/mol. The summed E-state index contributed by atoms with van der Waals surface area (Å²) in [4.78, 5) is 44.1. The highest BCUT2D eigenvalue weighted by molar-refractivity contribution is 6.26. The summed E-state index contributed by atoms with van der Waals surface area (Å²) < 4.78 is 6.59. The zero-order valence-corrected chi connectivity index (χ0v) is 20.6. The third-order valence-electron chi connectivity index (χ3n) is 5.84. The van der Waals surface area contributed by atoms with E-state index in [1.807, 2.05) is 18.2 Å². The molecule has 1 amide bonds. The van der Waals surface area contributed by atoms with Crippen molar-refractivity contribution in [2.75, 3.05) is 11.9 Å². The number of carbonyl (C=O) groups is 2. The van der Waals surface area contributed by atoms with E-state index in [4.69, 9.17) is 4.74 Å². The minimum atomic E-state index is -0.614. The Morgan fingerprint density at radius 1 is 1.03 bits per heavy atom. The van der Waals surface area contributed by atoms with Crippen LogP contribution in [0.25, 0.3) is 10.8 Å². The Kier molecular flexibility index (Phi) is 7.58. The molecule has 0 spiro atoms. The van der Waals surface area contributed by atoms with Gasteiger partial charge >= 0.3 is 5.97 Å². The predicted octanol–water partition coefficient (Wildman–Crippen LogP) is 4.31. The lowest BCUT2D eigenvalue weighted by molar-refractivity contribution is -0.137. The van der Waals surface area contributed by atoms with Crippen LogP contribution in [0.2, 0.25) is 0 Å². The van der Waals surface area contributed by atoms with Gasteiger partial charge in [-0.1, -0.05) is 50.1 Å². The van der Waals surface area contributed by atoms with E-state index < -0.39 is 11.9 Å². The first-order chi connectivity index (χ1) is 17.4. The van der Waals surface area contributed by atoms with Gasteiger partial charge in [0.1, 0.15) is 11.4 Å². The number of ether oxygens (including phenoxy) is 1. The highest BCUT2D eigenvalue weighted by Crippen LogP contribution is 2.30. The number of aromatic nitrogens is 2. The smallest absolute Gasteiger partial charge is 0.343 e. The molecule has 9 nitrogen and oxygen atoms in total. The van der Waals surface area contributed by atoms with Gasteiger partial charge in [0.05, 0.1) is 23.4 Å². The van der Waals surface area contributed by atoms with E-state index in [1.54, 1.807) is 44.2 Å². The molecule has 0 bridgehead atoms. The molecule has 186 valence electrons. The monoisotopic (exact) mass is 487 g/mol. The molecule has 3 aromatic rings. The number of amides is 1. The Morgan fingerprint density at radius 3 is 2.50 bits per heavy atom. The summed E-state index contributed by atoms with van der Waals surface area (Å²) in [7, 11) is 0. The van der Waals surface area contributed by atoms with Crippen molar-refractivity contribution in [3.8, 4) is 0 Å². The number of esters is 1. The van der Waals surface area contributed by atoms with E-state index in [0.29, 0.717) is 34.4 Å². The Balaban J connectivity index is 1.80. The molecule has 0 saturated carbocycles. The number of aliphatic imine (C=N–C) groups is 1. The van der Waals surface area contributed by atoms with Crippen LogP contribution in [-0.4, -0.2) is 34.1 Å². The van der Waals surface area contributed by atoms with Crippen LogP contribution in [0.3, 0.4) is 0 Å². The van der Waals surface area contributed by atoms with Crippen molar-refractivity contribution in [2.24, 2.45) is 4.99 Å². The van der Waals surface area contributed by atoms with Gasteiger partial charge in [0.15, 0.2) is 5.69 Å². The molecule has 0 radical (unpaired) electrons. The van der Waals surface area contributed by atoms with Gasteiger partial charge in [-0.3, -0.25) is 9.59 Å². The molecule has 1 aliphatic heterocycles. The highest BCUT2D eigenvalue weighted by atomic mass is 16.5. The Bertz CT molecular complexity index is 1440. The Hall–Kier alpha value is -4.27. The van der Waals surface area contributed by atoms with Gasteiger partial charge in [-0.15, -0.1) is 0 Å². The molecular weight excluding hydrogens is 458 g/mol. The van der Waals surface area contributed by atoms with Crippen LogP contribution in [0, 0.1) is 0 Å². The molecule has 2 heterocycles. The highest BCUT2D eigenvalue weighted by Gasteiger charge is 2.27. The van der Waals surface area contributed by atoms with Crippen LogP contribution in [-0.2, 0) is 16.1 Å². The van der Waals surface area contributed by atoms with Crippen LogP contribution >= 0.6 is 0 Å². The lowest BCUT2D eigenvalue weighted by atomic mass is 10.1. The summed E-state index contributed by atoms with van der Waals surface area (Å²) in [6.45, 7) is 6.08. The van der Waals surface area contributed by atoms with Crippen molar-refractivity contribution in [2.45, 2.75) is 46.6 Å². The molecule has 2 aromatic carbocycles. The molecule has 1 aromatic heterocycles. The number of aryl methyl sites for hydroxylation is 1. The second-order valence-electron chi connectivity index (χ2n) is 8.41. The first-order valence-corrected chi connectivity index (χ1v) is 12.1. The van der Waals surface area contributed by atoms with Gasteiger partial charge in [0.2, 0.25) is 0 Å². The SMILES string of the molecule is CCCCCn1nc(C(=O)NC2=Nc3ccccc3NC(C)=C2C(=O)OCC)c2ccccc2c1=O. The number of allylic oxidation sites excluding steroid dienone is 1. The first kappa shape index (κ1) is 24.8. The molecule has 0 saturated heterocycles. The Labute approximate surface area is 208 Å². The number of anilines is 1. The summed E-state index contributed by atoms with van der Waals surface area (Å²) in [5.41, 5.74) is 1.67. The molecule has 4 rings (SSSR count). The number of nitrogens with zero attached hydrogens (tertiary/aromatic N) is 3. The fourth-order valence-corrected chi connectivity index (χ4v) is 4.07. The summed E-state index contributed by atoms with van der Waals surface area (Å²) in [5.74, 6) is -1.15. The zero-order chi connectivity index (χ0) is 25.7. The van der Waals surface area contributed by atoms with Crippen LogP contribution < -0.4 is 16.2 Å². The molecule has 0 unspecified atom stereocenters. The van der Waals surface area contributed by atoms with Gasteiger partial charge < -0.3 is 15.4 Å². The average molecular weight is 488 g/mol. The summed E-state index contributed by atoms with van der Waals surface area (Å²) in [6, 6.07) is 14.1. The largest absolute Gasteiger partial charge is 0.462 e. The molecule has 36 heavy (non-hydrogen) atoms. The van der Waals surface area contributed by atoms with Gasteiger partial charge in [-0.2, -0.15) is 5.10 Å². The van der Waals surface area contributed by atoms with Crippen molar-refractivity contribution >= 4 is 39.9 Å². The second kappa shape index (κ2) is 11.0.